The van der Waals surface area contributed by atoms with Gasteiger partial charge in [-0.1, -0.05) is 32.0 Å². The quantitative estimate of drug-likeness (QED) is 0.475. The van der Waals surface area contributed by atoms with Crippen molar-refractivity contribution in [2.45, 2.75) is 40.5 Å². The van der Waals surface area contributed by atoms with E-state index >= 15 is 0 Å². The first-order valence-electron chi connectivity index (χ1n) is 7.36. The third-order valence-corrected chi connectivity index (χ3v) is 2.94. The molecule has 1 aromatic carbocycles. The molecule has 0 saturated heterocycles. The third kappa shape index (κ3) is 5.52. The van der Waals surface area contributed by atoms with Gasteiger partial charge in [0.15, 0.2) is 0 Å². The van der Waals surface area contributed by atoms with Crippen molar-refractivity contribution in [1.82, 2.24) is 0 Å². The number of ether oxygens (including phenoxy) is 2. The van der Waals surface area contributed by atoms with E-state index < -0.39 is 0 Å². The smallest absolute Gasteiger partial charge is 0.0870 e. The minimum absolute atomic E-state index is 0.765. The average molecular weight is 274 g/mol. The van der Waals surface area contributed by atoms with Gasteiger partial charge in [0.1, 0.15) is 0 Å². The first-order valence-corrected chi connectivity index (χ1v) is 7.36. The summed E-state index contributed by atoms with van der Waals surface area (Å²) in [4.78, 5) is 0. The van der Waals surface area contributed by atoms with Crippen molar-refractivity contribution in [3.05, 3.63) is 47.9 Å². The molecular formula is C18H26O2. The highest BCUT2D eigenvalue weighted by Gasteiger charge is 2.01. The van der Waals surface area contributed by atoms with Gasteiger partial charge in [-0.25, -0.2) is 0 Å². The summed E-state index contributed by atoms with van der Waals surface area (Å²) >= 11 is 0. The number of rotatable bonds is 8. The summed E-state index contributed by atoms with van der Waals surface area (Å²) in [6, 6.07) is 8.44. The van der Waals surface area contributed by atoms with Gasteiger partial charge in [0.05, 0.1) is 25.7 Å². The molecule has 0 spiro atoms. The number of hydrogen-bond donors (Lipinski definition) is 0. The van der Waals surface area contributed by atoms with Gasteiger partial charge in [0.2, 0.25) is 0 Å². The molecule has 0 aliphatic heterocycles. The number of allylic oxidation sites excluding steroid dienone is 2. The van der Waals surface area contributed by atoms with Crippen molar-refractivity contribution in [2.24, 2.45) is 0 Å². The molecule has 0 atom stereocenters. The van der Waals surface area contributed by atoms with Crippen molar-refractivity contribution in [2.75, 3.05) is 13.2 Å². The van der Waals surface area contributed by atoms with Crippen LogP contribution < -0.4 is 0 Å². The van der Waals surface area contributed by atoms with Crippen LogP contribution in [0.5, 0.6) is 0 Å². The Morgan fingerprint density at radius 2 is 1.35 bits per heavy atom. The monoisotopic (exact) mass is 274 g/mol. The van der Waals surface area contributed by atoms with Crippen LogP contribution in [0.15, 0.2) is 36.8 Å². The average Bonchev–Trinajstić information content (AvgIpc) is 2.47. The molecule has 0 amide bonds. The lowest BCUT2D eigenvalue weighted by Gasteiger charge is -2.07. The summed E-state index contributed by atoms with van der Waals surface area (Å²) in [6.45, 7) is 9.88. The molecule has 2 heteroatoms. The van der Waals surface area contributed by atoms with Crippen LogP contribution in [0, 0.1) is 0 Å². The first kappa shape index (κ1) is 16.4. The topological polar surface area (TPSA) is 18.5 Å². The van der Waals surface area contributed by atoms with Crippen LogP contribution >= 0.6 is 0 Å². The summed E-state index contributed by atoms with van der Waals surface area (Å²) in [5.74, 6) is 0. The molecule has 1 rings (SSSR count). The maximum absolute atomic E-state index is 5.48. The van der Waals surface area contributed by atoms with Crippen molar-refractivity contribution >= 4 is 11.1 Å². The Bertz CT molecular complexity index is 419. The van der Waals surface area contributed by atoms with Gasteiger partial charge in [0, 0.05) is 0 Å². The molecule has 20 heavy (non-hydrogen) atoms. The second kappa shape index (κ2) is 9.24. The molecule has 0 N–H and O–H groups in total. The van der Waals surface area contributed by atoms with Crippen LogP contribution in [0.4, 0.5) is 0 Å². The van der Waals surface area contributed by atoms with Crippen molar-refractivity contribution in [3.8, 4) is 0 Å². The van der Waals surface area contributed by atoms with E-state index in [-0.39, 0.29) is 0 Å². The van der Waals surface area contributed by atoms with Gasteiger partial charge in [-0.2, -0.15) is 0 Å². The molecule has 0 aliphatic rings. The molecule has 0 saturated carbocycles. The van der Waals surface area contributed by atoms with E-state index in [2.05, 4.69) is 52.0 Å². The van der Waals surface area contributed by atoms with E-state index in [0.29, 0.717) is 0 Å². The van der Waals surface area contributed by atoms with Gasteiger partial charge in [-0.05, 0) is 55.0 Å². The minimum Gasteiger partial charge on any atom is -0.501 e. The Morgan fingerprint density at radius 3 is 1.75 bits per heavy atom. The molecule has 0 unspecified atom stereocenters. The molecule has 2 nitrogen and oxygen atoms in total. The second-order valence-corrected chi connectivity index (χ2v) is 4.92. The summed E-state index contributed by atoms with van der Waals surface area (Å²) in [5.41, 5.74) is 4.65. The summed E-state index contributed by atoms with van der Waals surface area (Å²) in [6.07, 6.45) is 5.74. The fraction of sp³-hybridized carbons (Fsp3) is 0.444. The van der Waals surface area contributed by atoms with Crippen molar-refractivity contribution < 1.29 is 9.47 Å². The highest BCUT2D eigenvalue weighted by molar-refractivity contribution is 5.70. The lowest BCUT2D eigenvalue weighted by Crippen LogP contribution is -1.89. The Kier molecular flexibility index (Phi) is 7.56. The van der Waals surface area contributed by atoms with Crippen molar-refractivity contribution in [1.29, 1.82) is 0 Å². The van der Waals surface area contributed by atoms with E-state index in [1.807, 2.05) is 12.5 Å². The van der Waals surface area contributed by atoms with Gasteiger partial charge < -0.3 is 9.47 Å². The second-order valence-electron chi connectivity index (χ2n) is 4.92. The standard InChI is InChI=1S/C18H26O2/c1-5-10-19-13-15(3)17-8-7-9-18(12-17)16(4)14-20-11-6-2/h7-9,12-14H,5-6,10-11H2,1-4H3. The van der Waals surface area contributed by atoms with Crippen LogP contribution in [0.25, 0.3) is 11.1 Å². The summed E-state index contributed by atoms with van der Waals surface area (Å²) in [5, 5.41) is 0. The summed E-state index contributed by atoms with van der Waals surface area (Å²) in [7, 11) is 0. The molecular weight excluding hydrogens is 248 g/mol. The lowest BCUT2D eigenvalue weighted by molar-refractivity contribution is 0.251. The van der Waals surface area contributed by atoms with E-state index in [4.69, 9.17) is 9.47 Å². The predicted molar refractivity (Wildman–Crippen MR) is 86.2 cm³/mol. The van der Waals surface area contributed by atoms with Crippen LogP contribution in [0.2, 0.25) is 0 Å². The van der Waals surface area contributed by atoms with Crippen molar-refractivity contribution in [3.63, 3.8) is 0 Å². The van der Waals surface area contributed by atoms with E-state index in [1.54, 1.807) is 0 Å². The zero-order valence-corrected chi connectivity index (χ0v) is 13.1. The fourth-order valence-electron chi connectivity index (χ4n) is 1.75. The first-order chi connectivity index (χ1) is 9.69. The number of hydrogen-bond acceptors (Lipinski definition) is 2. The van der Waals surface area contributed by atoms with Crippen LogP contribution in [-0.2, 0) is 9.47 Å². The van der Waals surface area contributed by atoms with Crippen LogP contribution in [0.1, 0.15) is 51.7 Å². The molecule has 0 radical (unpaired) electrons. The maximum atomic E-state index is 5.48. The fourth-order valence-corrected chi connectivity index (χ4v) is 1.75. The molecule has 0 aromatic heterocycles. The molecule has 0 fully saturated rings. The van der Waals surface area contributed by atoms with Gasteiger partial charge in [-0.15, -0.1) is 0 Å². The Balaban J connectivity index is 2.79. The normalized spacial score (nSPS) is 12.4. The van der Waals surface area contributed by atoms with Gasteiger partial charge >= 0.3 is 0 Å². The Hall–Kier alpha value is -1.70. The summed E-state index contributed by atoms with van der Waals surface area (Å²) < 4.78 is 11.0. The predicted octanol–water partition coefficient (Wildman–Crippen LogP) is 5.26. The maximum Gasteiger partial charge on any atom is 0.0870 e. The van der Waals surface area contributed by atoms with Gasteiger partial charge in [0.25, 0.3) is 0 Å². The highest BCUT2D eigenvalue weighted by atomic mass is 16.5. The molecule has 0 bridgehead atoms. The van der Waals surface area contributed by atoms with E-state index in [0.717, 1.165) is 37.2 Å². The van der Waals surface area contributed by atoms with Crippen LogP contribution in [-0.4, -0.2) is 13.2 Å². The minimum atomic E-state index is 0.765. The Morgan fingerprint density at radius 1 is 0.900 bits per heavy atom. The molecule has 0 aliphatic carbocycles. The zero-order chi connectivity index (χ0) is 14.8. The Labute approximate surface area is 123 Å². The zero-order valence-electron chi connectivity index (χ0n) is 13.1. The third-order valence-electron chi connectivity index (χ3n) is 2.94. The largest absolute Gasteiger partial charge is 0.501 e. The van der Waals surface area contributed by atoms with E-state index in [9.17, 15) is 0 Å². The van der Waals surface area contributed by atoms with Gasteiger partial charge in [-0.3, -0.25) is 0 Å². The van der Waals surface area contributed by atoms with Crippen LogP contribution in [0.3, 0.4) is 0 Å². The highest BCUT2D eigenvalue weighted by Crippen LogP contribution is 2.20. The SMILES string of the molecule is CCCOC=C(C)c1cccc(C(C)=COCCC)c1. The number of benzene rings is 1. The van der Waals surface area contributed by atoms with E-state index in [1.165, 1.54) is 11.1 Å². The lowest BCUT2D eigenvalue weighted by atomic mass is 10.0. The molecule has 1 aromatic rings. The molecule has 110 valence electrons. The molecule has 0 heterocycles.